The third-order valence-electron chi connectivity index (χ3n) is 10.0. The summed E-state index contributed by atoms with van der Waals surface area (Å²) in [5.41, 5.74) is 0.534. The van der Waals surface area contributed by atoms with Gasteiger partial charge >= 0.3 is 0 Å². The molecule has 0 saturated carbocycles. The van der Waals surface area contributed by atoms with Crippen molar-refractivity contribution >= 4 is 34.2 Å². The fourth-order valence-corrected chi connectivity index (χ4v) is 7.61. The van der Waals surface area contributed by atoms with Crippen LogP contribution in [0, 0.1) is 18.6 Å². The van der Waals surface area contributed by atoms with Crippen LogP contribution in [0.3, 0.4) is 0 Å². The minimum Gasteiger partial charge on any atom is -0.507 e. The van der Waals surface area contributed by atoms with Crippen molar-refractivity contribution in [3.05, 3.63) is 82.4 Å². The van der Waals surface area contributed by atoms with Crippen molar-refractivity contribution in [2.75, 3.05) is 36.1 Å². The number of phenolic OH excluding ortho intramolecular Hbond substituents is 1. The molecule has 3 aliphatic heterocycles. The molecule has 3 aromatic heterocycles. The molecule has 6 heterocycles. The SMILES string of the molecule is C=CC(=O)N1CC2C(=O)N(C3CCOCC3)c3c(c4cc(F)c(-c5c(O)cccc5F)nc4n(-c4c(C)ccnc4C(C)C)c3=O)N2CC1C. The van der Waals surface area contributed by atoms with E-state index in [1.807, 2.05) is 27.7 Å². The molecule has 0 bridgehead atoms. The van der Waals surface area contributed by atoms with E-state index < -0.39 is 52.3 Å². The first-order valence-corrected chi connectivity index (χ1v) is 16.8. The lowest BCUT2D eigenvalue weighted by Gasteiger charge is -2.52. The van der Waals surface area contributed by atoms with E-state index >= 15 is 13.6 Å². The fraction of sp³-hybridized carbons (Fsp3) is 0.378. The van der Waals surface area contributed by atoms with Gasteiger partial charge < -0.3 is 24.5 Å². The molecule has 2 unspecified atom stereocenters. The highest BCUT2D eigenvalue weighted by atomic mass is 19.1. The number of benzene rings is 1. The first-order chi connectivity index (χ1) is 23.9. The number of carbonyl (C=O) groups excluding carboxylic acids is 2. The smallest absolute Gasteiger partial charge is 0.283 e. The normalized spacial score (nSPS) is 19.6. The third kappa shape index (κ3) is 5.13. The average Bonchev–Trinajstić information content (AvgIpc) is 3.09. The largest absolute Gasteiger partial charge is 0.507 e. The Bertz CT molecular complexity index is 2110. The van der Waals surface area contributed by atoms with Crippen LogP contribution in [0.4, 0.5) is 20.2 Å². The summed E-state index contributed by atoms with van der Waals surface area (Å²) in [5.74, 6) is -3.19. The lowest BCUT2D eigenvalue weighted by molar-refractivity contribution is -0.131. The molecule has 1 N–H and O–H groups in total. The van der Waals surface area contributed by atoms with Crippen LogP contribution in [0.5, 0.6) is 5.75 Å². The number of piperazine rings is 1. The van der Waals surface area contributed by atoms with Gasteiger partial charge in [0.2, 0.25) is 5.91 Å². The van der Waals surface area contributed by atoms with Crippen LogP contribution in [-0.2, 0) is 14.3 Å². The van der Waals surface area contributed by atoms with Crippen LogP contribution in [0.25, 0.3) is 28.0 Å². The molecule has 1 aromatic carbocycles. The summed E-state index contributed by atoms with van der Waals surface area (Å²) in [7, 11) is 0. The van der Waals surface area contributed by atoms with Gasteiger partial charge in [0.25, 0.3) is 11.5 Å². The van der Waals surface area contributed by atoms with E-state index in [1.54, 1.807) is 22.1 Å². The number of aryl methyl sites for hydroxylation is 1. The zero-order chi connectivity index (χ0) is 35.6. The molecule has 0 spiro atoms. The zero-order valence-corrected chi connectivity index (χ0v) is 28.3. The van der Waals surface area contributed by atoms with E-state index in [1.165, 1.54) is 33.7 Å². The predicted molar refractivity (Wildman–Crippen MR) is 185 cm³/mol. The monoisotopic (exact) mass is 684 g/mol. The van der Waals surface area contributed by atoms with Crippen molar-refractivity contribution in [1.82, 2.24) is 19.4 Å². The van der Waals surface area contributed by atoms with Crippen molar-refractivity contribution in [1.29, 1.82) is 0 Å². The lowest BCUT2D eigenvalue weighted by Crippen LogP contribution is -2.68. The number of carbonyl (C=O) groups is 2. The Labute approximate surface area is 287 Å². The molecule has 2 saturated heterocycles. The topological polar surface area (TPSA) is 121 Å². The molecule has 2 fully saturated rings. The Balaban J connectivity index is 1.63. The number of amides is 2. The summed E-state index contributed by atoms with van der Waals surface area (Å²) in [5, 5.41) is 10.9. The number of hydrogen-bond acceptors (Lipinski definition) is 8. The minimum absolute atomic E-state index is 0.00285. The van der Waals surface area contributed by atoms with Crippen molar-refractivity contribution in [2.45, 2.75) is 64.6 Å². The summed E-state index contributed by atoms with van der Waals surface area (Å²) in [6.45, 7) is 12.1. The summed E-state index contributed by atoms with van der Waals surface area (Å²) >= 11 is 0. The van der Waals surface area contributed by atoms with E-state index in [9.17, 15) is 14.7 Å². The summed E-state index contributed by atoms with van der Waals surface area (Å²) < 4.78 is 38.7. The van der Waals surface area contributed by atoms with E-state index in [0.717, 1.165) is 6.07 Å². The Morgan fingerprint density at radius 3 is 2.50 bits per heavy atom. The van der Waals surface area contributed by atoms with Crippen LogP contribution in [0.15, 0.2) is 54.0 Å². The number of halogens is 2. The van der Waals surface area contributed by atoms with Crippen LogP contribution in [0.1, 0.15) is 50.8 Å². The van der Waals surface area contributed by atoms with Crippen molar-refractivity contribution in [3.63, 3.8) is 0 Å². The number of pyridine rings is 3. The number of ether oxygens (including phenoxy) is 1. The number of anilines is 2. The summed E-state index contributed by atoms with van der Waals surface area (Å²) in [6, 6.07) is 4.87. The molecule has 260 valence electrons. The molecule has 13 heteroatoms. The molecule has 2 atom stereocenters. The van der Waals surface area contributed by atoms with Crippen LogP contribution in [0.2, 0.25) is 0 Å². The van der Waals surface area contributed by atoms with Gasteiger partial charge in [0.15, 0.2) is 11.5 Å². The van der Waals surface area contributed by atoms with E-state index in [4.69, 9.17) is 4.74 Å². The van der Waals surface area contributed by atoms with Gasteiger partial charge in [0.05, 0.1) is 29.2 Å². The lowest BCUT2D eigenvalue weighted by atomic mass is 9.94. The fourth-order valence-electron chi connectivity index (χ4n) is 7.61. The Kier molecular flexibility index (Phi) is 8.41. The van der Waals surface area contributed by atoms with Gasteiger partial charge in [0, 0.05) is 43.4 Å². The summed E-state index contributed by atoms with van der Waals surface area (Å²) in [6.07, 6.45) is 3.77. The second kappa shape index (κ2) is 12.6. The van der Waals surface area contributed by atoms with E-state index in [0.29, 0.717) is 48.7 Å². The zero-order valence-electron chi connectivity index (χ0n) is 28.3. The van der Waals surface area contributed by atoms with Gasteiger partial charge in [-0.05, 0) is 68.5 Å². The van der Waals surface area contributed by atoms with E-state index in [-0.39, 0.29) is 47.5 Å². The molecule has 7 rings (SSSR count). The van der Waals surface area contributed by atoms with Crippen molar-refractivity contribution in [3.8, 4) is 22.7 Å². The molecule has 4 aromatic rings. The molecule has 0 aliphatic carbocycles. The van der Waals surface area contributed by atoms with Crippen LogP contribution in [-0.4, -0.2) is 80.8 Å². The molecule has 11 nitrogen and oxygen atoms in total. The Morgan fingerprint density at radius 1 is 1.08 bits per heavy atom. The number of aromatic hydroxyl groups is 1. The highest BCUT2D eigenvalue weighted by Crippen LogP contribution is 2.45. The van der Waals surface area contributed by atoms with Crippen LogP contribution >= 0.6 is 0 Å². The molecular weight excluding hydrogens is 646 g/mol. The number of nitrogens with zero attached hydrogens (tertiary/aromatic N) is 6. The number of aromatic nitrogens is 3. The van der Waals surface area contributed by atoms with Crippen LogP contribution < -0.4 is 15.4 Å². The molecule has 0 radical (unpaired) electrons. The molecule has 50 heavy (non-hydrogen) atoms. The highest BCUT2D eigenvalue weighted by molar-refractivity contribution is 6.12. The van der Waals surface area contributed by atoms with Crippen molar-refractivity contribution < 1.29 is 28.2 Å². The molecule has 3 aliphatic rings. The summed E-state index contributed by atoms with van der Waals surface area (Å²) in [4.78, 5) is 57.1. The van der Waals surface area contributed by atoms with Gasteiger partial charge in [0.1, 0.15) is 29.0 Å². The highest BCUT2D eigenvalue weighted by Gasteiger charge is 2.49. The quantitative estimate of drug-likeness (QED) is 0.293. The third-order valence-corrected chi connectivity index (χ3v) is 10.0. The standard InChI is InChI=1S/C37H38F2N6O5/c1-6-28(47)42-18-26-36(48)44(22-11-14-50-15-12-22)34-33(43(26)17-21(42)5)23-16-25(39)31(29-24(38)8-7-9-27(29)46)41-35(23)45(37(34)49)32-20(4)10-13-40-30(32)19(2)3/h6-10,13,16,19,21-22,26,46H,1,11-12,14-15,17-18H2,2-5H3. The van der Waals surface area contributed by atoms with Gasteiger partial charge in [-0.1, -0.05) is 26.5 Å². The van der Waals surface area contributed by atoms with Gasteiger partial charge in [-0.3, -0.25) is 23.9 Å². The number of phenols is 1. The van der Waals surface area contributed by atoms with Gasteiger partial charge in [-0.25, -0.2) is 13.8 Å². The Morgan fingerprint density at radius 2 is 1.82 bits per heavy atom. The number of hydrogen-bond donors (Lipinski definition) is 1. The maximum absolute atomic E-state index is 16.5. The first kappa shape index (κ1) is 33.3. The number of rotatable bonds is 5. The molecule has 2 amide bonds. The molecular formula is C37H38F2N6O5. The minimum atomic E-state index is -0.933. The average molecular weight is 685 g/mol. The Hall–Kier alpha value is -5.17. The maximum Gasteiger partial charge on any atom is 0.283 e. The van der Waals surface area contributed by atoms with Gasteiger partial charge in [-0.15, -0.1) is 0 Å². The number of fused-ring (bicyclic) bond motifs is 5. The first-order valence-electron chi connectivity index (χ1n) is 16.8. The predicted octanol–water partition coefficient (Wildman–Crippen LogP) is 4.98. The second-order valence-corrected chi connectivity index (χ2v) is 13.4. The van der Waals surface area contributed by atoms with Crippen molar-refractivity contribution in [2.24, 2.45) is 0 Å². The van der Waals surface area contributed by atoms with E-state index in [2.05, 4.69) is 16.5 Å². The second-order valence-electron chi connectivity index (χ2n) is 13.4. The van der Waals surface area contributed by atoms with Gasteiger partial charge in [-0.2, -0.15) is 0 Å². The maximum atomic E-state index is 16.5.